The van der Waals surface area contributed by atoms with Crippen molar-refractivity contribution in [3.05, 3.63) is 24.3 Å². The molecule has 1 heterocycles. The minimum absolute atomic E-state index is 0.228. The van der Waals surface area contributed by atoms with E-state index >= 15 is 0 Å². The summed E-state index contributed by atoms with van der Waals surface area (Å²) in [6, 6.07) is 0. The molecule has 0 aromatic carbocycles. The van der Waals surface area contributed by atoms with Crippen molar-refractivity contribution in [2.75, 3.05) is 19.8 Å². The molecule has 1 aliphatic rings. The summed E-state index contributed by atoms with van der Waals surface area (Å²) in [6.45, 7) is 3.41. The second-order valence-electron chi connectivity index (χ2n) is 17.3. The number of hydrogen-bond donors (Lipinski definition) is 4. The van der Waals surface area contributed by atoms with E-state index in [1.54, 1.807) is 0 Å². The van der Waals surface area contributed by atoms with E-state index < -0.39 is 55.4 Å². The van der Waals surface area contributed by atoms with E-state index in [-0.39, 0.29) is 26.1 Å². The lowest BCUT2D eigenvalue weighted by molar-refractivity contribution is -0.305. The molecule has 10 heteroatoms. The van der Waals surface area contributed by atoms with Gasteiger partial charge in [0.05, 0.1) is 13.2 Å². The lowest BCUT2D eigenvalue weighted by Crippen LogP contribution is -2.59. The number of ether oxygens (including phenoxy) is 4. The summed E-state index contributed by atoms with van der Waals surface area (Å²) in [7, 11) is 0. The molecule has 1 saturated heterocycles. The molecule has 1 fully saturated rings. The standard InChI is InChI=1S/C50H92O10/c1-3-5-7-9-11-13-15-17-19-20-21-22-23-25-27-29-31-33-35-37-39-46(53)59-43(42-58-50-49(56)48(55)47(54)44(40-51)60-50)41-57-45(52)38-36-34-32-30-28-26-24-18-16-14-12-10-8-6-4-2/h18,24,28,30,43-44,47-51,54-56H,3-17,19-23,25-27,29,31-42H2,1-2H3/b24-18+,30-28+/t43-,44-,47+,48?,49?,50-/m1/s1. The van der Waals surface area contributed by atoms with Gasteiger partial charge in [-0.05, 0) is 44.9 Å². The minimum atomic E-state index is -1.60. The molecule has 6 atom stereocenters. The van der Waals surface area contributed by atoms with Crippen LogP contribution in [0.2, 0.25) is 0 Å². The SMILES string of the molecule is CCCCCCCC/C=C/C/C=C/CCCCC(=O)OC[C@H](CO[C@@H]1O[C@H](CO)[C@H](O)C(O)C1O)OC(=O)CCCCCCCCCCCCCCCCCCCCCC. The molecular weight excluding hydrogens is 761 g/mol. The zero-order valence-corrected chi connectivity index (χ0v) is 38.5. The van der Waals surface area contributed by atoms with Crippen LogP contribution in [0.5, 0.6) is 0 Å². The third-order valence-electron chi connectivity index (χ3n) is 11.6. The van der Waals surface area contributed by atoms with Crippen LogP contribution in [0.4, 0.5) is 0 Å². The Kier molecular flexibility index (Phi) is 38.6. The van der Waals surface area contributed by atoms with Crippen LogP contribution in [0.3, 0.4) is 0 Å². The highest BCUT2D eigenvalue weighted by Gasteiger charge is 2.44. The summed E-state index contributed by atoms with van der Waals surface area (Å²) in [4.78, 5) is 25.4. The number of unbranched alkanes of at least 4 members (excludes halogenated alkanes) is 27. The Morgan fingerprint density at radius 2 is 0.933 bits per heavy atom. The van der Waals surface area contributed by atoms with Crippen molar-refractivity contribution in [1.29, 1.82) is 0 Å². The van der Waals surface area contributed by atoms with E-state index in [1.165, 1.54) is 141 Å². The van der Waals surface area contributed by atoms with E-state index in [4.69, 9.17) is 18.9 Å². The van der Waals surface area contributed by atoms with Crippen molar-refractivity contribution in [2.45, 2.75) is 263 Å². The molecule has 4 N–H and O–H groups in total. The minimum Gasteiger partial charge on any atom is -0.462 e. The molecule has 0 saturated carbocycles. The Hall–Kier alpha value is -1.82. The van der Waals surface area contributed by atoms with Crippen LogP contribution in [0.25, 0.3) is 0 Å². The van der Waals surface area contributed by atoms with Gasteiger partial charge in [0, 0.05) is 12.8 Å². The number of hydrogen-bond acceptors (Lipinski definition) is 10. The summed E-state index contributed by atoms with van der Waals surface area (Å²) in [5.74, 6) is -0.834. The fourth-order valence-electron chi connectivity index (χ4n) is 7.63. The second kappa shape index (κ2) is 41.2. The van der Waals surface area contributed by atoms with Crippen LogP contribution < -0.4 is 0 Å². The van der Waals surface area contributed by atoms with E-state index in [2.05, 4.69) is 38.2 Å². The number of aliphatic hydroxyl groups is 4. The summed E-state index contributed by atoms with van der Waals surface area (Å²) in [5.41, 5.74) is 0. The highest BCUT2D eigenvalue weighted by atomic mass is 16.7. The first-order valence-corrected chi connectivity index (χ1v) is 24.9. The van der Waals surface area contributed by atoms with Crippen LogP contribution in [0.1, 0.15) is 226 Å². The summed E-state index contributed by atoms with van der Waals surface area (Å²) >= 11 is 0. The van der Waals surface area contributed by atoms with Gasteiger partial charge in [0.15, 0.2) is 12.4 Å². The average Bonchev–Trinajstić information content (AvgIpc) is 3.25. The largest absolute Gasteiger partial charge is 0.462 e. The zero-order valence-electron chi connectivity index (χ0n) is 38.5. The van der Waals surface area contributed by atoms with Crippen molar-refractivity contribution in [3.8, 4) is 0 Å². The summed E-state index contributed by atoms with van der Waals surface area (Å²) < 4.78 is 22.2. The molecule has 352 valence electrons. The van der Waals surface area contributed by atoms with Gasteiger partial charge in [0.1, 0.15) is 31.0 Å². The first kappa shape index (κ1) is 56.2. The van der Waals surface area contributed by atoms with Gasteiger partial charge >= 0.3 is 11.9 Å². The smallest absolute Gasteiger partial charge is 0.306 e. The number of allylic oxidation sites excluding steroid dienone is 4. The predicted octanol–water partition coefficient (Wildman–Crippen LogP) is 11.3. The van der Waals surface area contributed by atoms with Gasteiger partial charge in [-0.2, -0.15) is 0 Å². The monoisotopic (exact) mass is 853 g/mol. The number of carbonyl (C=O) groups excluding carboxylic acids is 2. The van der Waals surface area contributed by atoms with Crippen LogP contribution >= 0.6 is 0 Å². The maximum absolute atomic E-state index is 12.8. The van der Waals surface area contributed by atoms with Gasteiger partial charge in [0.2, 0.25) is 0 Å². The van der Waals surface area contributed by atoms with Crippen molar-refractivity contribution in [2.24, 2.45) is 0 Å². The van der Waals surface area contributed by atoms with Crippen molar-refractivity contribution < 1.29 is 49.0 Å². The van der Waals surface area contributed by atoms with Gasteiger partial charge in [-0.1, -0.05) is 192 Å². The topological polar surface area (TPSA) is 152 Å². The molecule has 60 heavy (non-hydrogen) atoms. The zero-order chi connectivity index (χ0) is 43.7. The third-order valence-corrected chi connectivity index (χ3v) is 11.6. The molecule has 0 aromatic rings. The molecule has 1 aliphatic heterocycles. The number of carbonyl (C=O) groups is 2. The number of aliphatic hydroxyl groups excluding tert-OH is 4. The fourth-order valence-corrected chi connectivity index (χ4v) is 7.63. The Bertz CT molecular complexity index is 1030. The predicted molar refractivity (Wildman–Crippen MR) is 243 cm³/mol. The molecule has 0 aromatic heterocycles. The fraction of sp³-hybridized carbons (Fsp3) is 0.880. The molecule has 0 radical (unpaired) electrons. The normalized spacial score (nSPS) is 20.0. The molecule has 0 spiro atoms. The molecule has 0 aliphatic carbocycles. The first-order chi connectivity index (χ1) is 29.3. The summed E-state index contributed by atoms with van der Waals surface area (Å²) in [5, 5.41) is 40.1. The van der Waals surface area contributed by atoms with E-state index in [0.717, 1.165) is 44.9 Å². The average molecular weight is 853 g/mol. The third kappa shape index (κ3) is 31.9. The molecule has 0 bridgehead atoms. The molecular formula is C50H92O10. The highest BCUT2D eigenvalue weighted by Crippen LogP contribution is 2.23. The van der Waals surface area contributed by atoms with Crippen LogP contribution in [0, 0.1) is 0 Å². The molecule has 0 amide bonds. The lowest BCUT2D eigenvalue weighted by atomic mass is 9.99. The Morgan fingerprint density at radius 3 is 1.42 bits per heavy atom. The van der Waals surface area contributed by atoms with Crippen molar-refractivity contribution in [3.63, 3.8) is 0 Å². The Morgan fingerprint density at radius 1 is 0.517 bits per heavy atom. The van der Waals surface area contributed by atoms with Crippen LogP contribution in [-0.2, 0) is 28.5 Å². The lowest BCUT2D eigenvalue weighted by Gasteiger charge is -2.39. The molecule has 2 unspecified atom stereocenters. The van der Waals surface area contributed by atoms with Gasteiger partial charge < -0.3 is 39.4 Å². The number of rotatable bonds is 42. The number of esters is 2. The van der Waals surface area contributed by atoms with E-state index in [0.29, 0.717) is 12.8 Å². The highest BCUT2D eigenvalue weighted by molar-refractivity contribution is 5.70. The second-order valence-corrected chi connectivity index (χ2v) is 17.3. The molecule has 1 rings (SSSR count). The van der Waals surface area contributed by atoms with Gasteiger partial charge in [-0.15, -0.1) is 0 Å². The quantitative estimate of drug-likeness (QED) is 0.0265. The Balaban J connectivity index is 2.28. The maximum Gasteiger partial charge on any atom is 0.306 e. The van der Waals surface area contributed by atoms with Gasteiger partial charge in [0.25, 0.3) is 0 Å². The van der Waals surface area contributed by atoms with Crippen LogP contribution in [-0.4, -0.2) is 89.0 Å². The van der Waals surface area contributed by atoms with E-state index in [9.17, 15) is 30.0 Å². The van der Waals surface area contributed by atoms with Gasteiger partial charge in [-0.25, -0.2) is 0 Å². The first-order valence-electron chi connectivity index (χ1n) is 24.9. The van der Waals surface area contributed by atoms with Crippen molar-refractivity contribution in [1.82, 2.24) is 0 Å². The van der Waals surface area contributed by atoms with Gasteiger partial charge in [-0.3, -0.25) is 9.59 Å². The molecule has 10 nitrogen and oxygen atoms in total. The van der Waals surface area contributed by atoms with Crippen molar-refractivity contribution >= 4 is 11.9 Å². The Labute approximate surface area is 366 Å². The maximum atomic E-state index is 12.8. The van der Waals surface area contributed by atoms with E-state index in [1.807, 2.05) is 0 Å². The summed E-state index contributed by atoms with van der Waals surface area (Å²) in [6.07, 6.45) is 39.0. The van der Waals surface area contributed by atoms with Crippen LogP contribution in [0.15, 0.2) is 24.3 Å².